The summed E-state index contributed by atoms with van der Waals surface area (Å²) in [6.07, 6.45) is 4.97. The predicted octanol–water partition coefficient (Wildman–Crippen LogP) is 0.885. The molecule has 4 nitrogen and oxygen atoms in total. The average molecular weight is 195 g/mol. The Labute approximate surface area is 81.9 Å². The Hall–Kier alpha value is -1.29. The highest BCUT2D eigenvalue weighted by molar-refractivity contribution is 5.73. The number of hydrogen-bond donors (Lipinski definition) is 2. The van der Waals surface area contributed by atoms with Crippen molar-refractivity contribution in [3.63, 3.8) is 0 Å². The Morgan fingerprint density at radius 3 is 3.14 bits per heavy atom. The van der Waals surface area contributed by atoms with Crippen molar-refractivity contribution < 1.29 is 14.3 Å². The highest BCUT2D eigenvalue weighted by Gasteiger charge is 2.28. The van der Waals surface area contributed by atoms with Crippen molar-refractivity contribution in [2.75, 3.05) is 6.54 Å². The van der Waals surface area contributed by atoms with E-state index in [-0.39, 0.29) is 6.04 Å². The highest BCUT2D eigenvalue weighted by atomic mass is 16.4. The van der Waals surface area contributed by atoms with E-state index in [9.17, 15) is 4.79 Å². The molecule has 0 saturated carbocycles. The fourth-order valence-corrected chi connectivity index (χ4v) is 1.89. The van der Waals surface area contributed by atoms with E-state index in [1.54, 1.807) is 12.5 Å². The first-order valence-electron chi connectivity index (χ1n) is 4.73. The van der Waals surface area contributed by atoms with E-state index in [0.29, 0.717) is 12.3 Å². The molecule has 2 atom stereocenters. The van der Waals surface area contributed by atoms with Crippen molar-refractivity contribution >= 4 is 5.97 Å². The number of aliphatic carboxylic acids is 1. The zero-order valence-corrected chi connectivity index (χ0v) is 7.77. The Kier molecular flexibility index (Phi) is 2.54. The van der Waals surface area contributed by atoms with Gasteiger partial charge in [-0.3, -0.25) is 4.79 Å². The summed E-state index contributed by atoms with van der Waals surface area (Å²) in [4.78, 5) is 10.7. The quantitative estimate of drug-likeness (QED) is 0.751. The van der Waals surface area contributed by atoms with Gasteiger partial charge in [0.2, 0.25) is 0 Å². The number of nitrogens with one attached hydrogen (secondary N) is 1. The predicted molar refractivity (Wildman–Crippen MR) is 49.9 cm³/mol. The van der Waals surface area contributed by atoms with Crippen LogP contribution in [-0.4, -0.2) is 23.7 Å². The minimum absolute atomic E-state index is 0.369. The minimum atomic E-state index is -0.750. The molecule has 0 bridgehead atoms. The fourth-order valence-electron chi connectivity index (χ4n) is 1.89. The molecule has 0 aromatic carbocycles. The molecule has 2 N–H and O–H groups in total. The Bertz CT molecular complexity index is 307. The zero-order chi connectivity index (χ0) is 9.97. The summed E-state index contributed by atoms with van der Waals surface area (Å²) in [5, 5.41) is 11.8. The van der Waals surface area contributed by atoms with E-state index in [1.807, 2.05) is 6.07 Å². The van der Waals surface area contributed by atoms with Gasteiger partial charge < -0.3 is 14.8 Å². The maximum Gasteiger partial charge on any atom is 0.320 e. The second-order valence-corrected chi connectivity index (χ2v) is 3.74. The molecular weight excluding hydrogens is 182 g/mol. The fraction of sp³-hybridized carbons (Fsp3) is 0.500. The van der Waals surface area contributed by atoms with Gasteiger partial charge in [-0.1, -0.05) is 0 Å². The smallest absolute Gasteiger partial charge is 0.320 e. The molecule has 2 heterocycles. The molecule has 4 heteroatoms. The molecule has 1 aromatic rings. The van der Waals surface area contributed by atoms with Gasteiger partial charge in [-0.05, 0) is 36.9 Å². The Morgan fingerprint density at radius 2 is 2.57 bits per heavy atom. The van der Waals surface area contributed by atoms with Gasteiger partial charge in [0.25, 0.3) is 0 Å². The highest BCUT2D eigenvalue weighted by Crippen LogP contribution is 2.19. The lowest BCUT2D eigenvalue weighted by Crippen LogP contribution is -2.29. The van der Waals surface area contributed by atoms with Crippen LogP contribution in [0.15, 0.2) is 23.0 Å². The van der Waals surface area contributed by atoms with Crippen molar-refractivity contribution in [1.82, 2.24) is 5.32 Å². The van der Waals surface area contributed by atoms with Gasteiger partial charge in [0.1, 0.15) is 6.04 Å². The lowest BCUT2D eigenvalue weighted by molar-refractivity contribution is -0.139. The van der Waals surface area contributed by atoms with Crippen LogP contribution in [0.1, 0.15) is 12.0 Å². The SMILES string of the molecule is O=C(O)C1CC(Cc2ccoc2)CN1. The van der Waals surface area contributed by atoms with Crippen LogP contribution < -0.4 is 5.32 Å². The van der Waals surface area contributed by atoms with Gasteiger partial charge in [-0.2, -0.15) is 0 Å². The molecule has 1 aliphatic rings. The molecule has 1 aliphatic heterocycles. The first kappa shape index (κ1) is 9.27. The van der Waals surface area contributed by atoms with Gasteiger partial charge in [-0.25, -0.2) is 0 Å². The summed E-state index contributed by atoms with van der Waals surface area (Å²) < 4.78 is 4.96. The van der Waals surface area contributed by atoms with Gasteiger partial charge >= 0.3 is 5.97 Å². The molecule has 14 heavy (non-hydrogen) atoms. The molecule has 0 radical (unpaired) electrons. The maximum atomic E-state index is 10.7. The first-order chi connectivity index (χ1) is 6.75. The summed E-state index contributed by atoms with van der Waals surface area (Å²) in [6.45, 7) is 0.780. The van der Waals surface area contributed by atoms with E-state index in [1.165, 1.54) is 0 Å². The topological polar surface area (TPSA) is 62.5 Å². The maximum absolute atomic E-state index is 10.7. The van der Waals surface area contributed by atoms with Crippen LogP contribution in [0.4, 0.5) is 0 Å². The van der Waals surface area contributed by atoms with Crippen molar-refractivity contribution in [2.45, 2.75) is 18.9 Å². The largest absolute Gasteiger partial charge is 0.480 e. The molecule has 1 fully saturated rings. The van der Waals surface area contributed by atoms with Crippen LogP contribution in [0.25, 0.3) is 0 Å². The number of carbonyl (C=O) groups is 1. The van der Waals surface area contributed by atoms with Crippen LogP contribution in [0.5, 0.6) is 0 Å². The standard InChI is InChI=1S/C10H13NO3/c12-10(13)9-4-8(5-11-9)3-7-1-2-14-6-7/h1-2,6,8-9,11H,3-5H2,(H,12,13). The third-order valence-electron chi connectivity index (χ3n) is 2.62. The van der Waals surface area contributed by atoms with E-state index < -0.39 is 5.97 Å². The summed E-state index contributed by atoms with van der Waals surface area (Å²) in [5.74, 6) is -0.339. The van der Waals surface area contributed by atoms with Crippen LogP contribution in [-0.2, 0) is 11.2 Å². The first-order valence-corrected chi connectivity index (χ1v) is 4.73. The summed E-state index contributed by atoms with van der Waals surface area (Å²) in [7, 11) is 0. The molecule has 0 spiro atoms. The van der Waals surface area contributed by atoms with Gasteiger partial charge in [0, 0.05) is 0 Å². The molecule has 2 unspecified atom stereocenters. The Morgan fingerprint density at radius 1 is 1.71 bits per heavy atom. The Balaban J connectivity index is 1.87. The second kappa shape index (κ2) is 3.84. The molecule has 1 aromatic heterocycles. The lowest BCUT2D eigenvalue weighted by Gasteiger charge is -2.05. The number of carboxylic acid groups (broad SMARTS) is 1. The van der Waals surface area contributed by atoms with Crippen molar-refractivity contribution in [3.05, 3.63) is 24.2 Å². The van der Waals surface area contributed by atoms with Crippen LogP contribution in [0, 0.1) is 5.92 Å². The number of rotatable bonds is 3. The zero-order valence-electron chi connectivity index (χ0n) is 7.77. The van der Waals surface area contributed by atoms with E-state index in [0.717, 1.165) is 18.5 Å². The molecule has 0 aliphatic carbocycles. The third-order valence-corrected chi connectivity index (χ3v) is 2.62. The van der Waals surface area contributed by atoms with Gasteiger partial charge in [0.15, 0.2) is 0 Å². The normalized spacial score (nSPS) is 26.6. The average Bonchev–Trinajstić information content (AvgIpc) is 2.75. The molecule has 1 saturated heterocycles. The van der Waals surface area contributed by atoms with E-state index in [2.05, 4.69) is 5.32 Å². The van der Waals surface area contributed by atoms with Crippen LogP contribution in [0.3, 0.4) is 0 Å². The number of furan rings is 1. The van der Waals surface area contributed by atoms with Crippen molar-refractivity contribution in [3.8, 4) is 0 Å². The summed E-state index contributed by atoms with van der Waals surface area (Å²) in [6, 6.07) is 1.56. The monoisotopic (exact) mass is 195 g/mol. The second-order valence-electron chi connectivity index (χ2n) is 3.74. The third kappa shape index (κ3) is 1.96. The van der Waals surface area contributed by atoms with E-state index >= 15 is 0 Å². The lowest BCUT2D eigenvalue weighted by atomic mass is 9.98. The van der Waals surface area contributed by atoms with Crippen LogP contribution in [0.2, 0.25) is 0 Å². The minimum Gasteiger partial charge on any atom is -0.480 e. The molecule has 0 amide bonds. The number of carboxylic acids is 1. The van der Waals surface area contributed by atoms with Crippen LogP contribution >= 0.6 is 0 Å². The molecular formula is C10H13NO3. The van der Waals surface area contributed by atoms with Crippen molar-refractivity contribution in [1.29, 1.82) is 0 Å². The van der Waals surface area contributed by atoms with Crippen molar-refractivity contribution in [2.24, 2.45) is 5.92 Å². The summed E-state index contributed by atoms with van der Waals surface area (Å²) >= 11 is 0. The van der Waals surface area contributed by atoms with Gasteiger partial charge in [0.05, 0.1) is 12.5 Å². The van der Waals surface area contributed by atoms with E-state index in [4.69, 9.17) is 9.52 Å². The molecule has 76 valence electrons. The number of hydrogen-bond acceptors (Lipinski definition) is 3. The van der Waals surface area contributed by atoms with Gasteiger partial charge in [-0.15, -0.1) is 0 Å². The summed E-state index contributed by atoms with van der Waals surface area (Å²) in [5.41, 5.74) is 1.14. The molecule has 2 rings (SSSR count).